The highest BCUT2D eigenvalue weighted by Crippen LogP contribution is 2.54. The Kier molecular flexibility index (Phi) is 4.18. The Morgan fingerprint density at radius 3 is 2.79 bits per heavy atom. The third kappa shape index (κ3) is 2.56. The van der Waals surface area contributed by atoms with E-state index in [1.807, 2.05) is 47.5 Å². The molecule has 2 aliphatic heterocycles. The van der Waals surface area contributed by atoms with Gasteiger partial charge in [-0.05, 0) is 48.4 Å². The fourth-order valence-corrected chi connectivity index (χ4v) is 5.54. The van der Waals surface area contributed by atoms with Gasteiger partial charge in [0.05, 0.1) is 6.04 Å². The Labute approximate surface area is 165 Å². The van der Waals surface area contributed by atoms with Gasteiger partial charge in [0.15, 0.2) is 0 Å². The third-order valence-corrected chi connectivity index (χ3v) is 6.85. The molecular formula is C23H25N3O2. The molecule has 5 nitrogen and oxygen atoms in total. The lowest BCUT2D eigenvalue weighted by Crippen LogP contribution is -2.43. The van der Waals surface area contributed by atoms with E-state index < -0.39 is 5.41 Å². The largest absolute Gasteiger partial charge is 0.334 e. The predicted molar refractivity (Wildman–Crippen MR) is 107 cm³/mol. The van der Waals surface area contributed by atoms with Gasteiger partial charge in [0.25, 0.3) is 0 Å². The van der Waals surface area contributed by atoms with E-state index in [2.05, 4.69) is 10.3 Å². The fourth-order valence-electron chi connectivity index (χ4n) is 5.54. The number of hydrogen-bond donors (Lipinski definition) is 1. The number of aromatic nitrogens is 1. The molecule has 1 aliphatic carbocycles. The minimum absolute atomic E-state index is 0.00119. The summed E-state index contributed by atoms with van der Waals surface area (Å²) in [7, 11) is 0. The van der Waals surface area contributed by atoms with Crippen LogP contribution in [-0.4, -0.2) is 28.2 Å². The Balaban J connectivity index is 1.57. The molecule has 1 aromatic carbocycles. The van der Waals surface area contributed by atoms with Crippen LogP contribution in [0.5, 0.6) is 0 Å². The monoisotopic (exact) mass is 375 g/mol. The van der Waals surface area contributed by atoms with Gasteiger partial charge in [0.1, 0.15) is 5.41 Å². The molecule has 5 heteroatoms. The predicted octanol–water partition coefficient (Wildman–Crippen LogP) is 3.83. The topological polar surface area (TPSA) is 62.3 Å². The lowest BCUT2D eigenvalue weighted by molar-refractivity contribution is -0.134. The maximum absolute atomic E-state index is 13.3. The Hall–Kier alpha value is -2.69. The van der Waals surface area contributed by atoms with Crippen LogP contribution >= 0.6 is 0 Å². The molecule has 2 atom stereocenters. The van der Waals surface area contributed by atoms with Crippen LogP contribution in [0.3, 0.4) is 0 Å². The minimum Gasteiger partial charge on any atom is -0.334 e. The van der Waals surface area contributed by atoms with Gasteiger partial charge < -0.3 is 10.2 Å². The standard InChI is InChI=1S/C23H25N3O2/c27-20(14-16-6-1-2-7-16)26-13-11-23(21(26)17-8-5-12-24-15-17)18-9-3-4-10-19(18)25-22(23)28/h3-5,8-10,12,15-16,21H,1-2,6-7,11,13-14H2,(H,25,28). The Morgan fingerprint density at radius 1 is 1.18 bits per heavy atom. The summed E-state index contributed by atoms with van der Waals surface area (Å²) in [6.07, 6.45) is 9.52. The number of nitrogens with one attached hydrogen (secondary N) is 1. The molecule has 1 saturated carbocycles. The number of benzene rings is 1. The van der Waals surface area contributed by atoms with Crippen molar-refractivity contribution in [3.8, 4) is 0 Å². The number of pyridine rings is 1. The van der Waals surface area contributed by atoms with Gasteiger partial charge in [-0.3, -0.25) is 14.6 Å². The summed E-state index contributed by atoms with van der Waals surface area (Å²) in [5.74, 6) is 0.664. The Bertz CT molecular complexity index is 907. The van der Waals surface area contributed by atoms with Gasteiger partial charge in [0, 0.05) is 31.0 Å². The van der Waals surface area contributed by atoms with E-state index in [1.54, 1.807) is 6.20 Å². The molecule has 1 saturated heterocycles. The van der Waals surface area contributed by atoms with E-state index in [4.69, 9.17) is 0 Å². The number of nitrogens with zero attached hydrogens (tertiary/aromatic N) is 2. The second-order valence-electron chi connectivity index (χ2n) is 8.35. The smallest absolute Gasteiger partial charge is 0.237 e. The maximum atomic E-state index is 13.3. The summed E-state index contributed by atoms with van der Waals surface area (Å²) in [4.78, 5) is 32.8. The van der Waals surface area contributed by atoms with E-state index in [1.165, 1.54) is 12.8 Å². The number of rotatable bonds is 3. The summed E-state index contributed by atoms with van der Waals surface area (Å²) < 4.78 is 0. The van der Waals surface area contributed by atoms with Crippen molar-refractivity contribution in [1.29, 1.82) is 0 Å². The third-order valence-electron chi connectivity index (χ3n) is 6.85. The number of likely N-dealkylation sites (tertiary alicyclic amines) is 1. The summed E-state index contributed by atoms with van der Waals surface area (Å²) >= 11 is 0. The fraction of sp³-hybridized carbons (Fsp3) is 0.435. The SMILES string of the molecule is O=C(CC1CCCC1)N1CCC2(C(=O)Nc3ccccc32)C1c1cccnc1. The van der Waals surface area contributed by atoms with E-state index in [9.17, 15) is 9.59 Å². The second kappa shape index (κ2) is 6.73. The lowest BCUT2D eigenvalue weighted by Gasteiger charge is -2.34. The molecule has 1 aromatic heterocycles. The molecule has 1 spiro atoms. The van der Waals surface area contributed by atoms with Crippen LogP contribution in [0.4, 0.5) is 5.69 Å². The number of amides is 2. The van der Waals surface area contributed by atoms with E-state index in [-0.39, 0.29) is 17.9 Å². The van der Waals surface area contributed by atoms with Crippen molar-refractivity contribution in [2.75, 3.05) is 11.9 Å². The molecule has 0 bridgehead atoms. The average molecular weight is 375 g/mol. The van der Waals surface area contributed by atoms with Crippen molar-refractivity contribution in [2.24, 2.45) is 5.92 Å². The molecule has 5 rings (SSSR count). The molecule has 1 N–H and O–H groups in total. The molecule has 3 aliphatic rings. The molecule has 2 amide bonds. The zero-order chi connectivity index (χ0) is 19.1. The molecule has 2 unspecified atom stereocenters. The first-order valence-corrected chi connectivity index (χ1v) is 10.3. The molecule has 3 heterocycles. The van der Waals surface area contributed by atoms with E-state index in [0.29, 0.717) is 25.3 Å². The van der Waals surface area contributed by atoms with Crippen molar-refractivity contribution in [3.05, 3.63) is 59.9 Å². The normalized spacial score (nSPS) is 26.6. The van der Waals surface area contributed by atoms with E-state index >= 15 is 0 Å². The highest BCUT2D eigenvalue weighted by atomic mass is 16.2. The molecule has 28 heavy (non-hydrogen) atoms. The van der Waals surface area contributed by atoms with Crippen LogP contribution in [0.1, 0.15) is 55.7 Å². The van der Waals surface area contributed by atoms with E-state index in [0.717, 1.165) is 29.7 Å². The second-order valence-corrected chi connectivity index (χ2v) is 8.35. The van der Waals surface area contributed by atoms with Gasteiger partial charge >= 0.3 is 0 Å². The maximum Gasteiger partial charge on any atom is 0.237 e. The first-order valence-electron chi connectivity index (χ1n) is 10.3. The van der Waals surface area contributed by atoms with Gasteiger partial charge in [0.2, 0.25) is 11.8 Å². The summed E-state index contributed by atoms with van der Waals surface area (Å²) in [5, 5.41) is 3.07. The highest BCUT2D eigenvalue weighted by molar-refractivity contribution is 6.07. The first kappa shape index (κ1) is 17.4. The van der Waals surface area contributed by atoms with Crippen molar-refractivity contribution < 1.29 is 9.59 Å². The first-order chi connectivity index (χ1) is 13.7. The average Bonchev–Trinajstić information content (AvgIpc) is 3.43. The number of anilines is 1. The van der Waals surface area contributed by atoms with Crippen LogP contribution < -0.4 is 5.32 Å². The summed E-state index contributed by atoms with van der Waals surface area (Å²) in [6, 6.07) is 11.5. The number of para-hydroxylation sites is 1. The number of carbonyl (C=O) groups excluding carboxylic acids is 2. The molecule has 2 fully saturated rings. The van der Waals surface area contributed by atoms with Crippen LogP contribution in [0, 0.1) is 5.92 Å². The zero-order valence-electron chi connectivity index (χ0n) is 15.9. The number of fused-ring (bicyclic) bond motifs is 2. The van der Waals surface area contributed by atoms with Gasteiger partial charge in [-0.25, -0.2) is 0 Å². The molecule has 144 valence electrons. The summed E-state index contributed by atoms with van der Waals surface area (Å²) in [5.41, 5.74) is 2.08. The molecular weight excluding hydrogens is 350 g/mol. The zero-order valence-corrected chi connectivity index (χ0v) is 15.9. The van der Waals surface area contributed by atoms with Crippen molar-refractivity contribution >= 4 is 17.5 Å². The van der Waals surface area contributed by atoms with Gasteiger partial charge in [-0.15, -0.1) is 0 Å². The van der Waals surface area contributed by atoms with Crippen molar-refractivity contribution in [2.45, 2.75) is 50.0 Å². The molecule has 0 radical (unpaired) electrons. The van der Waals surface area contributed by atoms with Crippen LogP contribution in [-0.2, 0) is 15.0 Å². The summed E-state index contributed by atoms with van der Waals surface area (Å²) in [6.45, 7) is 0.604. The number of hydrogen-bond acceptors (Lipinski definition) is 3. The van der Waals surface area contributed by atoms with Crippen molar-refractivity contribution in [3.63, 3.8) is 0 Å². The quantitative estimate of drug-likeness (QED) is 0.887. The van der Waals surface area contributed by atoms with Crippen LogP contribution in [0.25, 0.3) is 0 Å². The van der Waals surface area contributed by atoms with Gasteiger partial charge in [-0.1, -0.05) is 37.1 Å². The Morgan fingerprint density at radius 2 is 2.00 bits per heavy atom. The van der Waals surface area contributed by atoms with Crippen LogP contribution in [0.2, 0.25) is 0 Å². The highest BCUT2D eigenvalue weighted by Gasteiger charge is 2.59. The lowest BCUT2D eigenvalue weighted by atomic mass is 9.73. The number of carbonyl (C=O) groups is 2. The van der Waals surface area contributed by atoms with Crippen LogP contribution in [0.15, 0.2) is 48.8 Å². The molecule has 2 aromatic rings. The van der Waals surface area contributed by atoms with Gasteiger partial charge in [-0.2, -0.15) is 0 Å². The van der Waals surface area contributed by atoms with Crippen molar-refractivity contribution in [1.82, 2.24) is 9.88 Å². The minimum atomic E-state index is -0.731.